The average Bonchev–Trinajstić information content (AvgIpc) is 2.54. The van der Waals surface area contributed by atoms with Crippen molar-refractivity contribution in [3.8, 4) is 0 Å². The summed E-state index contributed by atoms with van der Waals surface area (Å²) < 4.78 is 0. The number of rotatable bonds is 0. The van der Waals surface area contributed by atoms with Gasteiger partial charge in [-0.1, -0.05) is 42.5 Å². The van der Waals surface area contributed by atoms with E-state index in [9.17, 15) is 0 Å². The summed E-state index contributed by atoms with van der Waals surface area (Å²) in [5.41, 5.74) is 11.9. The second-order valence-electron chi connectivity index (χ2n) is 3.48. The summed E-state index contributed by atoms with van der Waals surface area (Å²) in [5.74, 6) is 0. The van der Waals surface area contributed by atoms with Gasteiger partial charge in [0.15, 0.2) is 0 Å². The Morgan fingerprint density at radius 3 is 3.13 bits per heavy atom. The molecular formula is C11H11N3O. The molecule has 1 atom stereocenters. The standard InChI is InChI=1S/C11H11N3O/c1-2-4-8-6-7-10-11(9(8)5-3-1)13-15-14-12-10/h1-7,10,12-14H. The predicted octanol–water partition coefficient (Wildman–Crippen LogP) is 0.775. The minimum Gasteiger partial charge on any atom is -0.248 e. The molecular weight excluding hydrogens is 190 g/mol. The van der Waals surface area contributed by atoms with Gasteiger partial charge in [-0.15, -0.1) is 5.59 Å². The number of fused-ring (bicyclic) bond motifs is 2. The quantitative estimate of drug-likeness (QED) is 0.542. The van der Waals surface area contributed by atoms with Gasteiger partial charge in [0.25, 0.3) is 0 Å². The van der Waals surface area contributed by atoms with E-state index in [1.807, 2.05) is 18.2 Å². The highest BCUT2D eigenvalue weighted by molar-refractivity contribution is 5.57. The van der Waals surface area contributed by atoms with Crippen LogP contribution in [0.5, 0.6) is 0 Å². The van der Waals surface area contributed by atoms with E-state index in [1.165, 1.54) is 5.57 Å². The molecule has 4 nitrogen and oxygen atoms in total. The van der Waals surface area contributed by atoms with Crippen molar-refractivity contribution in [3.63, 3.8) is 0 Å². The van der Waals surface area contributed by atoms with Gasteiger partial charge in [-0.2, -0.15) is 4.94 Å². The monoisotopic (exact) mass is 201 g/mol. The number of nitrogens with one attached hydrogen (secondary N) is 3. The van der Waals surface area contributed by atoms with E-state index in [0.29, 0.717) is 0 Å². The molecule has 2 aliphatic carbocycles. The maximum Gasteiger partial charge on any atom is 0.0845 e. The van der Waals surface area contributed by atoms with Crippen LogP contribution in [0.3, 0.4) is 0 Å². The van der Waals surface area contributed by atoms with Crippen molar-refractivity contribution in [1.29, 1.82) is 0 Å². The van der Waals surface area contributed by atoms with E-state index in [2.05, 4.69) is 40.8 Å². The summed E-state index contributed by atoms with van der Waals surface area (Å²) in [4.78, 5) is 4.94. The molecule has 0 spiro atoms. The molecule has 1 aliphatic heterocycles. The van der Waals surface area contributed by atoms with Crippen molar-refractivity contribution in [1.82, 2.24) is 16.5 Å². The molecule has 4 heteroatoms. The fraction of sp³-hybridized carbons (Fsp3) is 0.0909. The van der Waals surface area contributed by atoms with Crippen LogP contribution in [0.1, 0.15) is 0 Å². The SMILES string of the molecule is C1=CC=C2C=CC3NNONC3=C2C=C1. The lowest BCUT2D eigenvalue weighted by atomic mass is 9.94. The normalized spacial score (nSPS) is 27.7. The highest BCUT2D eigenvalue weighted by Gasteiger charge is 2.23. The first-order chi connectivity index (χ1) is 7.45. The fourth-order valence-electron chi connectivity index (χ4n) is 1.83. The molecule has 3 aliphatic rings. The van der Waals surface area contributed by atoms with Crippen LogP contribution in [0.25, 0.3) is 0 Å². The van der Waals surface area contributed by atoms with E-state index < -0.39 is 0 Å². The molecule has 1 fully saturated rings. The topological polar surface area (TPSA) is 45.3 Å². The van der Waals surface area contributed by atoms with E-state index in [4.69, 9.17) is 4.94 Å². The Balaban J connectivity index is 2.09. The molecule has 0 aromatic carbocycles. The van der Waals surface area contributed by atoms with Gasteiger partial charge < -0.3 is 0 Å². The first-order valence-electron chi connectivity index (χ1n) is 4.85. The van der Waals surface area contributed by atoms with Gasteiger partial charge in [-0.05, 0) is 5.57 Å². The summed E-state index contributed by atoms with van der Waals surface area (Å²) in [5, 5.41) is 0. The minimum atomic E-state index is 0.133. The van der Waals surface area contributed by atoms with Crippen LogP contribution in [0, 0.1) is 0 Å². The number of hydrogen-bond donors (Lipinski definition) is 3. The fourth-order valence-corrected chi connectivity index (χ4v) is 1.83. The molecule has 0 bridgehead atoms. The summed E-state index contributed by atoms with van der Waals surface area (Å²) >= 11 is 0. The molecule has 1 saturated heterocycles. The molecule has 0 aromatic heterocycles. The Labute approximate surface area is 87.6 Å². The molecule has 1 unspecified atom stereocenters. The minimum absolute atomic E-state index is 0.133. The molecule has 1 heterocycles. The molecule has 0 saturated carbocycles. The Kier molecular flexibility index (Phi) is 2.03. The highest BCUT2D eigenvalue weighted by atomic mass is 16.8. The maximum atomic E-state index is 4.94. The van der Waals surface area contributed by atoms with Crippen LogP contribution < -0.4 is 16.5 Å². The first-order valence-corrected chi connectivity index (χ1v) is 4.85. The zero-order valence-electron chi connectivity index (χ0n) is 8.03. The lowest BCUT2D eigenvalue weighted by molar-refractivity contribution is -0.0758. The Morgan fingerprint density at radius 1 is 1.13 bits per heavy atom. The summed E-state index contributed by atoms with van der Waals surface area (Å²) in [6.07, 6.45) is 14.4. The van der Waals surface area contributed by atoms with E-state index in [1.54, 1.807) is 0 Å². The first kappa shape index (κ1) is 8.67. The zero-order valence-corrected chi connectivity index (χ0v) is 8.03. The molecule has 15 heavy (non-hydrogen) atoms. The number of allylic oxidation sites excluding steroid dienone is 8. The van der Waals surface area contributed by atoms with Gasteiger partial charge in [0.2, 0.25) is 0 Å². The molecule has 0 amide bonds. The van der Waals surface area contributed by atoms with Crippen molar-refractivity contribution < 1.29 is 4.94 Å². The van der Waals surface area contributed by atoms with Crippen LogP contribution in [0.2, 0.25) is 0 Å². The van der Waals surface area contributed by atoms with E-state index >= 15 is 0 Å². The molecule has 76 valence electrons. The van der Waals surface area contributed by atoms with Crippen LogP contribution in [-0.2, 0) is 4.94 Å². The smallest absolute Gasteiger partial charge is 0.0845 e. The predicted molar refractivity (Wildman–Crippen MR) is 56.8 cm³/mol. The van der Waals surface area contributed by atoms with Crippen LogP contribution in [0.15, 0.2) is 59.4 Å². The van der Waals surface area contributed by atoms with Crippen LogP contribution in [0.4, 0.5) is 0 Å². The number of hydrogen-bond acceptors (Lipinski definition) is 4. The largest absolute Gasteiger partial charge is 0.248 e. The van der Waals surface area contributed by atoms with Crippen molar-refractivity contribution in [2.75, 3.05) is 0 Å². The van der Waals surface area contributed by atoms with Gasteiger partial charge in [0.1, 0.15) is 0 Å². The summed E-state index contributed by atoms with van der Waals surface area (Å²) in [6.45, 7) is 0. The number of hydrazine groups is 1. The number of hydroxylamine groups is 1. The lowest BCUT2D eigenvalue weighted by Gasteiger charge is -2.30. The average molecular weight is 201 g/mol. The van der Waals surface area contributed by atoms with Crippen LogP contribution in [-0.4, -0.2) is 6.04 Å². The zero-order chi connectivity index (χ0) is 10.1. The van der Waals surface area contributed by atoms with Crippen molar-refractivity contribution in [3.05, 3.63) is 59.4 Å². The lowest BCUT2D eigenvalue weighted by Crippen LogP contribution is -2.53. The van der Waals surface area contributed by atoms with Gasteiger partial charge in [0.05, 0.1) is 11.7 Å². The second kappa shape index (κ2) is 3.51. The van der Waals surface area contributed by atoms with Crippen molar-refractivity contribution in [2.24, 2.45) is 0 Å². The third-order valence-corrected chi connectivity index (χ3v) is 2.57. The van der Waals surface area contributed by atoms with Gasteiger partial charge in [-0.3, -0.25) is 0 Å². The summed E-state index contributed by atoms with van der Waals surface area (Å²) in [6, 6.07) is 0.133. The van der Waals surface area contributed by atoms with E-state index in [-0.39, 0.29) is 6.04 Å². The third kappa shape index (κ3) is 1.45. The third-order valence-electron chi connectivity index (χ3n) is 2.57. The summed E-state index contributed by atoms with van der Waals surface area (Å²) in [7, 11) is 0. The molecule has 0 aromatic rings. The van der Waals surface area contributed by atoms with Crippen molar-refractivity contribution >= 4 is 0 Å². The maximum absolute atomic E-state index is 4.94. The van der Waals surface area contributed by atoms with Gasteiger partial charge in [0, 0.05) is 5.57 Å². The molecule has 0 radical (unpaired) electrons. The Hall–Kier alpha value is -1.62. The van der Waals surface area contributed by atoms with Gasteiger partial charge >= 0.3 is 0 Å². The Bertz CT molecular complexity index is 429. The van der Waals surface area contributed by atoms with Crippen LogP contribution >= 0.6 is 0 Å². The van der Waals surface area contributed by atoms with Crippen molar-refractivity contribution in [2.45, 2.75) is 6.04 Å². The van der Waals surface area contributed by atoms with Gasteiger partial charge in [-0.25, -0.2) is 10.9 Å². The second-order valence-corrected chi connectivity index (χ2v) is 3.48. The Morgan fingerprint density at radius 2 is 2.13 bits per heavy atom. The van der Waals surface area contributed by atoms with E-state index in [0.717, 1.165) is 11.3 Å². The molecule has 3 N–H and O–H groups in total. The highest BCUT2D eigenvalue weighted by Crippen LogP contribution is 2.26. The molecule has 3 rings (SSSR count).